The van der Waals surface area contributed by atoms with Crippen molar-refractivity contribution < 1.29 is 71.9 Å². The number of nitrogens with one attached hydrogen (secondary N) is 6. The van der Waals surface area contributed by atoms with Gasteiger partial charge in [0.2, 0.25) is 0 Å². The Morgan fingerprint density at radius 1 is 0.500 bits per heavy atom. The third kappa shape index (κ3) is 23.0. The smallest absolute Gasteiger partial charge is 0.319 e. The Hall–Kier alpha value is -9.57. The minimum atomic E-state index is -3.67. The van der Waals surface area contributed by atoms with E-state index in [1.165, 1.54) is 51.6 Å². The number of aliphatic hydroxyl groups is 6. The van der Waals surface area contributed by atoms with E-state index < -0.39 is 106 Å². The van der Waals surface area contributed by atoms with Crippen LogP contribution in [0.25, 0.3) is 33.5 Å². The molecule has 0 spiro atoms. The molecule has 116 heavy (non-hydrogen) atoms. The molecule has 12 rings (SSSR count). The van der Waals surface area contributed by atoms with Crippen molar-refractivity contribution in [3.63, 3.8) is 0 Å². The lowest BCUT2D eigenvalue weighted by molar-refractivity contribution is -0.0476. The van der Waals surface area contributed by atoms with Gasteiger partial charge in [-0.25, -0.2) is 52.7 Å². The number of anilines is 6. The van der Waals surface area contributed by atoms with Crippen LogP contribution in [0.4, 0.5) is 48.5 Å². The first-order valence-electron chi connectivity index (χ1n) is 38.4. The van der Waals surface area contributed by atoms with Crippen LogP contribution in [-0.4, -0.2) is 227 Å². The molecule has 3 fully saturated rings. The molecule has 18 N–H and O–H groups in total. The fourth-order valence-electron chi connectivity index (χ4n) is 13.4. The Labute approximate surface area is 678 Å². The molecule has 6 amide bonds. The van der Waals surface area contributed by atoms with E-state index in [1.54, 1.807) is 29.0 Å². The van der Waals surface area contributed by atoms with Crippen molar-refractivity contribution in [1.29, 1.82) is 0 Å². The molecule has 3 aliphatic heterocycles. The number of nitrogens with two attached hydrogens (primary N) is 3. The van der Waals surface area contributed by atoms with Gasteiger partial charge in [-0.15, -0.1) is 0 Å². The number of urea groups is 3. The molecule has 632 valence electrons. The molecule has 0 aliphatic carbocycles. The Balaban J connectivity index is 0.000000198. The number of nitrogen functional groups attached to an aromatic ring is 3. The minimum Gasteiger partial charge on any atom is -0.397 e. The monoisotopic (exact) mass is 1650 g/mol. The summed E-state index contributed by atoms with van der Waals surface area (Å²) in [6, 6.07) is 27.2. The van der Waals surface area contributed by atoms with Gasteiger partial charge in [0.1, 0.15) is 71.5 Å². The van der Waals surface area contributed by atoms with Crippen LogP contribution in [-0.2, 0) is 51.1 Å². The highest BCUT2D eigenvalue weighted by Gasteiger charge is 2.48. The van der Waals surface area contributed by atoms with Crippen molar-refractivity contribution in [3.8, 4) is 0 Å². The number of pyridine rings is 3. The number of hydrogen-bond donors (Lipinski definition) is 15. The predicted molar refractivity (Wildman–Crippen MR) is 449 cm³/mol. The summed E-state index contributed by atoms with van der Waals surface area (Å²) >= 11 is 0. The minimum absolute atomic E-state index is 0. The zero-order valence-electron chi connectivity index (χ0n) is 66.7. The molecule has 3 aliphatic rings. The summed E-state index contributed by atoms with van der Waals surface area (Å²) in [6.07, 6.45) is -1.74. The van der Waals surface area contributed by atoms with Gasteiger partial charge < -0.3 is 94.0 Å². The van der Waals surface area contributed by atoms with E-state index in [2.05, 4.69) is 143 Å². The molecule has 0 radical (unpaired) electrons. The van der Waals surface area contributed by atoms with Gasteiger partial charge in [-0.3, -0.25) is 22.8 Å². The maximum atomic E-state index is 12.7. The van der Waals surface area contributed by atoms with Gasteiger partial charge in [0.25, 0.3) is 0 Å². The number of carbonyl (C=O) groups is 3. The first-order valence-corrected chi connectivity index (χ1v) is 41.7. The maximum absolute atomic E-state index is 12.7. The van der Waals surface area contributed by atoms with E-state index in [1.807, 2.05) is 72.8 Å². The first kappa shape index (κ1) is 90.3. The normalized spacial score (nSPS) is 22.1. The van der Waals surface area contributed by atoms with Crippen LogP contribution < -0.4 is 49.1 Å². The number of hydrogen-bond acceptors (Lipinski definition) is 25. The second-order valence-electron chi connectivity index (χ2n) is 32.2. The van der Waals surface area contributed by atoms with Gasteiger partial charge in [0, 0.05) is 91.0 Å². The quantitative estimate of drug-likeness (QED) is 0.0236. The van der Waals surface area contributed by atoms with Crippen LogP contribution in [0.1, 0.15) is 145 Å². The van der Waals surface area contributed by atoms with Crippen LogP contribution >= 0.6 is 0 Å². The summed E-state index contributed by atoms with van der Waals surface area (Å²) in [5, 5.41) is 80.5. The standard InChI is InChI=1S/C29H43N7O4.C25H34N6O6S.C25H34N6O5S.CH4/c1-6-18(2)35(15-7-13-32-28(39)34-20-10-8-19(9-11-20)29(3,4)5)16-22-24(37)25(38)27(40-22)36-17-33-23-21(30)12-14-31-26(23)36;1-25(2,3)15-5-7-16(8-6-15)30-24(34)28-10-4-12-38(35,36)13-18-20(32)21(33)23(37-18)31-14-29-19-17(26)9-11-27-22(19)31;1-25(2,3)15-5-7-16(8-6-15)30-24(34)28-10-4-12-37(35)13-18-20(32)21(33)23(36-18)31-14-29-19-17(26)9-11-27-22(19)31;/h8-12,14,17-18,22,24-25,27,37-38H,6-7,13,15-16H2,1-5H3,(H2,30,31)(H2,32,34,39);5-9,11,14,18,20-21,23,32-33H,4,10,12-13H2,1-3H3,(H2,26,27)(H2,28,30,34);5-9,11,14,18,20-21,23,32-33H,4,10,12-13H2,1-3H3,(H2,26,27)(H2,28,30,34);1H4/t18?,22-,24-,25-,27-;18-,20-,21-,23-;18-,20-,21-,23-,37?;/m111./s1. The zero-order chi connectivity index (χ0) is 83.4. The molecule has 34 nitrogen and oxygen atoms in total. The number of aliphatic hydroxyl groups excluding tert-OH is 6. The molecule has 36 heteroatoms. The van der Waals surface area contributed by atoms with Crippen LogP contribution in [0, 0.1) is 0 Å². The van der Waals surface area contributed by atoms with Crippen molar-refractivity contribution in [2.75, 3.05) is 88.9 Å². The van der Waals surface area contributed by atoms with Crippen molar-refractivity contribution in [1.82, 2.24) is 64.5 Å². The van der Waals surface area contributed by atoms with Crippen LogP contribution in [0.15, 0.2) is 129 Å². The Morgan fingerprint density at radius 2 is 0.836 bits per heavy atom. The molecule has 6 aromatic heterocycles. The summed E-state index contributed by atoms with van der Waals surface area (Å²) in [6.45, 7) is 25.5. The van der Waals surface area contributed by atoms with Crippen molar-refractivity contribution in [3.05, 3.63) is 145 Å². The largest absolute Gasteiger partial charge is 0.397 e. The number of sulfone groups is 1. The number of nitrogens with zero attached hydrogens (tertiary/aromatic N) is 10. The fraction of sp³-hybridized carbons (Fsp3) is 0.512. The Bertz CT molecular complexity index is 4880. The molecule has 3 saturated heterocycles. The molecule has 9 aromatic rings. The van der Waals surface area contributed by atoms with Gasteiger partial charge in [-0.05, 0) is 120 Å². The van der Waals surface area contributed by atoms with E-state index in [9.17, 15) is 57.6 Å². The van der Waals surface area contributed by atoms with Gasteiger partial charge in [0.05, 0.1) is 53.3 Å². The maximum Gasteiger partial charge on any atom is 0.319 e. The summed E-state index contributed by atoms with van der Waals surface area (Å²) < 4.78 is 60.3. The Kier molecular flexibility index (Phi) is 30.5. The number of benzene rings is 3. The SMILES string of the molecule is C.CC(C)(C)c1ccc(NC(=O)NCCCS(=O)(=O)C[C@H]2O[C@@H](n3cnc4c(N)ccnc43)[C@H](O)[C@@H]2O)cc1.CC(C)(C)c1ccc(NC(=O)NCCCS(=O)C[C@H]2O[C@@H](n3cnc4c(N)ccnc43)[C@H](O)[C@@H]2O)cc1.CCC(C)N(CCCNC(=O)Nc1ccc(C(C)(C)C)cc1)C[C@H]1O[C@@H](n2cnc3c(N)ccnc32)[C@H](O)[C@@H]1O. The summed E-state index contributed by atoms with van der Waals surface area (Å²) in [4.78, 5) is 64.4. The molecule has 2 unspecified atom stereocenters. The molecule has 14 atom stereocenters. The van der Waals surface area contributed by atoms with Crippen molar-refractivity contribution in [2.45, 2.75) is 205 Å². The van der Waals surface area contributed by atoms with Crippen molar-refractivity contribution >= 4 is 106 Å². The zero-order valence-corrected chi connectivity index (χ0v) is 68.3. The van der Waals surface area contributed by atoms with E-state index >= 15 is 0 Å². The fourth-order valence-corrected chi connectivity index (χ4v) is 16.2. The highest BCUT2D eigenvalue weighted by molar-refractivity contribution is 7.91. The van der Waals surface area contributed by atoms with E-state index in [4.69, 9.17) is 31.4 Å². The average Bonchev–Trinajstić information content (AvgIpc) is 1.63. The highest BCUT2D eigenvalue weighted by Crippen LogP contribution is 2.37. The number of ether oxygens (including phenoxy) is 3. The molecule has 3 aromatic carbocycles. The number of imidazole rings is 3. The van der Waals surface area contributed by atoms with E-state index in [0.29, 0.717) is 107 Å². The number of amides is 6. The highest BCUT2D eigenvalue weighted by atomic mass is 32.2. The summed E-state index contributed by atoms with van der Waals surface area (Å²) in [5.74, 6) is -0.369. The van der Waals surface area contributed by atoms with Crippen LogP contribution in [0.5, 0.6) is 0 Å². The summed E-state index contributed by atoms with van der Waals surface area (Å²) in [7, 11) is -5.00. The van der Waals surface area contributed by atoms with Crippen LogP contribution in [0.3, 0.4) is 0 Å². The lowest BCUT2D eigenvalue weighted by atomic mass is 9.87. The first-order chi connectivity index (χ1) is 54.4. The Morgan fingerprint density at radius 3 is 1.21 bits per heavy atom. The van der Waals surface area contributed by atoms with E-state index in [-0.39, 0.29) is 66.2 Å². The number of rotatable bonds is 26. The van der Waals surface area contributed by atoms with Gasteiger partial charge in [0.15, 0.2) is 45.5 Å². The second-order valence-corrected chi connectivity index (χ2v) is 36.0. The van der Waals surface area contributed by atoms with Crippen molar-refractivity contribution in [2.24, 2.45) is 0 Å². The molecule has 9 heterocycles. The lowest BCUT2D eigenvalue weighted by Crippen LogP contribution is -2.44. The number of carbonyl (C=O) groups excluding carboxylic acids is 3. The van der Waals surface area contributed by atoms with E-state index in [0.717, 1.165) is 17.7 Å². The van der Waals surface area contributed by atoms with Gasteiger partial charge >= 0.3 is 18.1 Å². The van der Waals surface area contributed by atoms with Gasteiger partial charge in [-0.1, -0.05) is 113 Å². The predicted octanol–water partition coefficient (Wildman–Crippen LogP) is 7.33. The number of fused-ring (bicyclic) bond motifs is 3. The second kappa shape index (κ2) is 39.1. The number of aromatic nitrogens is 9. The molecule has 0 saturated carbocycles. The molecule has 0 bridgehead atoms. The third-order valence-electron chi connectivity index (χ3n) is 20.4. The average molecular weight is 1650 g/mol. The lowest BCUT2D eigenvalue weighted by Gasteiger charge is -2.31. The summed E-state index contributed by atoms with van der Waals surface area (Å²) in [5.41, 5.74) is 27.5. The molecular weight excluding hydrogens is 1530 g/mol. The van der Waals surface area contributed by atoms with Gasteiger partial charge in [-0.2, -0.15) is 0 Å². The topological polar surface area (TPSA) is 497 Å². The molecular formula is C80H115N19O15S2. The third-order valence-corrected chi connectivity index (χ3v) is 23.6. The van der Waals surface area contributed by atoms with Crippen LogP contribution in [0.2, 0.25) is 0 Å².